The summed E-state index contributed by atoms with van der Waals surface area (Å²) in [6, 6.07) is 7.64. The Hall–Kier alpha value is -2.28. The van der Waals surface area contributed by atoms with Crippen molar-refractivity contribution in [1.82, 2.24) is 29.9 Å². The van der Waals surface area contributed by atoms with Crippen molar-refractivity contribution >= 4 is 150 Å². The third-order valence-electron chi connectivity index (χ3n) is 5.87. The molecule has 0 spiro atoms. The van der Waals surface area contributed by atoms with Crippen LogP contribution in [0, 0.1) is 0 Å². The number of anilines is 6. The van der Waals surface area contributed by atoms with Gasteiger partial charge >= 0.3 is 0 Å². The monoisotopic (exact) mass is 788 g/mol. The number of halogens is 2. The van der Waals surface area contributed by atoms with Crippen molar-refractivity contribution in [3.8, 4) is 0 Å². The van der Waals surface area contributed by atoms with Gasteiger partial charge < -0.3 is 31.5 Å². The van der Waals surface area contributed by atoms with Crippen LogP contribution in [0.25, 0.3) is 12.2 Å². The summed E-state index contributed by atoms with van der Waals surface area (Å²) in [7, 11) is -9.64. The van der Waals surface area contributed by atoms with Crippen molar-refractivity contribution in [1.29, 1.82) is 0 Å². The zero-order valence-corrected chi connectivity index (χ0v) is 34.0. The van der Waals surface area contributed by atoms with Crippen molar-refractivity contribution in [3.63, 3.8) is 0 Å². The summed E-state index contributed by atoms with van der Waals surface area (Å²) < 4.78 is 69.1. The molecule has 0 saturated carbocycles. The van der Waals surface area contributed by atoms with E-state index < -0.39 is 42.2 Å². The topological polar surface area (TPSA) is 275 Å². The van der Waals surface area contributed by atoms with Gasteiger partial charge in [0.05, 0.1) is 12.2 Å². The van der Waals surface area contributed by atoms with Crippen molar-refractivity contribution < 1.29 is 36.2 Å². The van der Waals surface area contributed by atoms with E-state index in [1.165, 1.54) is 36.4 Å². The van der Waals surface area contributed by atoms with Gasteiger partial charge in [0.1, 0.15) is 9.79 Å². The molecule has 2 heterocycles. The molecule has 2 radical (unpaired) electrons. The number of hydrogen-bond acceptors (Lipinski definition) is 16. The summed E-state index contributed by atoms with van der Waals surface area (Å²) in [6.45, 7) is 3.32. The predicted molar refractivity (Wildman–Crippen MR) is 190 cm³/mol. The summed E-state index contributed by atoms with van der Waals surface area (Å²) in [4.78, 5) is 22.7. The van der Waals surface area contributed by atoms with Gasteiger partial charge in [0, 0.05) is 83.6 Å². The van der Waals surface area contributed by atoms with E-state index in [1.807, 2.05) is 0 Å². The van der Waals surface area contributed by atoms with E-state index in [1.54, 1.807) is 13.8 Å². The Morgan fingerprint density at radius 3 is 1.30 bits per heavy atom. The second-order valence-electron chi connectivity index (χ2n) is 10.0. The largest absolute Gasteiger partial charge is 0.392 e. The van der Waals surface area contributed by atoms with Crippen LogP contribution in [0.15, 0.2) is 46.2 Å². The molecule has 0 aliphatic rings. The van der Waals surface area contributed by atoms with Gasteiger partial charge in [-0.1, -0.05) is 24.3 Å². The maximum Gasteiger partial charge on any atom is 0.295 e. The molecule has 258 valence electrons. The van der Waals surface area contributed by atoms with Gasteiger partial charge in [-0.3, -0.25) is 9.11 Å². The van der Waals surface area contributed by atoms with Crippen LogP contribution < -0.4 is 21.3 Å². The average Bonchev–Trinajstić information content (AvgIpc) is 2.97. The van der Waals surface area contributed by atoms with E-state index >= 15 is 0 Å². The van der Waals surface area contributed by atoms with E-state index in [0.717, 1.165) is 12.1 Å². The van der Waals surface area contributed by atoms with Crippen LogP contribution in [-0.2, 0) is 20.2 Å². The summed E-state index contributed by atoms with van der Waals surface area (Å²) in [5, 5.41) is 29.6. The van der Waals surface area contributed by atoms with Gasteiger partial charge in [0.25, 0.3) is 20.2 Å². The fourth-order valence-electron chi connectivity index (χ4n) is 3.83. The summed E-state index contributed by atoms with van der Waals surface area (Å²) in [6.07, 6.45) is 1.01. The van der Waals surface area contributed by atoms with Gasteiger partial charge in [-0.05, 0) is 72.4 Å². The predicted octanol–water partition coefficient (Wildman–Crippen LogP) is 2.34. The fourth-order valence-corrected chi connectivity index (χ4v) is 5.57. The van der Waals surface area contributed by atoms with Crippen molar-refractivity contribution in [2.45, 2.75) is 35.8 Å². The van der Waals surface area contributed by atoms with Gasteiger partial charge in [0.15, 0.2) is 0 Å². The standard InChI is InChI=1S/C26H28Cl2N10O8S2.2Na/c1-13(39)11-29-23-33-21(27)35-25(37-23)31-17-7-5-15(19(9-17)47(41,42)43)3-4-16-6-8-18(10-20(16)48(44,45)46)32-26-36-22(28)34-24(38-26)30-12-14(2)40;;/h3-10,13-14,39-40H,11-12H2,1-2H3,(H,41,42,43)(H,44,45,46)(H2,29,31,33,35,37)(H2,30,32,34,36,38);;. The molecule has 0 aliphatic carbocycles. The van der Waals surface area contributed by atoms with Crippen LogP contribution >= 0.6 is 23.2 Å². The molecule has 0 saturated heterocycles. The molecule has 2 aromatic heterocycles. The summed E-state index contributed by atoms with van der Waals surface area (Å²) in [5.74, 6) is -0.0810. The molecule has 4 rings (SSSR count). The first-order chi connectivity index (χ1) is 22.5. The maximum atomic E-state index is 12.3. The number of nitrogens with zero attached hydrogens (tertiary/aromatic N) is 6. The van der Waals surface area contributed by atoms with Gasteiger partial charge in [-0.2, -0.15) is 46.7 Å². The Bertz CT molecular complexity index is 1920. The SMILES string of the molecule is CC(O)CNc1nc(Cl)nc(Nc2ccc(C=Cc3ccc(Nc4nc(Cl)nc(NCC(C)O)n4)cc3S(=O)(=O)O)c(S(=O)(=O)O)c2)n1.[Na].[Na]. The summed E-state index contributed by atoms with van der Waals surface area (Å²) in [5.41, 5.74) is 0.161. The first kappa shape index (κ1) is 43.9. The Morgan fingerprint density at radius 2 is 0.980 bits per heavy atom. The molecule has 50 heavy (non-hydrogen) atoms. The number of aliphatic hydroxyl groups is 2. The smallest absolute Gasteiger partial charge is 0.295 e. The van der Waals surface area contributed by atoms with Crippen LogP contribution in [-0.4, -0.2) is 150 Å². The molecule has 0 bridgehead atoms. The molecule has 2 unspecified atom stereocenters. The Morgan fingerprint density at radius 1 is 0.640 bits per heavy atom. The second-order valence-corrected chi connectivity index (χ2v) is 13.5. The van der Waals surface area contributed by atoms with E-state index in [4.69, 9.17) is 23.2 Å². The van der Waals surface area contributed by atoms with E-state index in [9.17, 15) is 36.2 Å². The number of aliphatic hydroxyl groups excluding tert-OH is 2. The van der Waals surface area contributed by atoms with Crippen LogP contribution in [0.5, 0.6) is 0 Å². The van der Waals surface area contributed by atoms with Crippen LogP contribution in [0.1, 0.15) is 25.0 Å². The zero-order valence-electron chi connectivity index (χ0n) is 26.9. The number of nitrogens with one attached hydrogen (secondary N) is 4. The molecular formula is C26H28Cl2N10Na2O8S2. The molecule has 18 nitrogen and oxygen atoms in total. The quantitative estimate of drug-likeness (QED) is 0.0517. The molecule has 2 atom stereocenters. The van der Waals surface area contributed by atoms with Crippen molar-refractivity contribution in [2.24, 2.45) is 0 Å². The third-order valence-corrected chi connectivity index (χ3v) is 8.02. The number of aromatic nitrogens is 6. The number of benzene rings is 2. The molecule has 4 aromatic rings. The minimum absolute atomic E-state index is 0. The van der Waals surface area contributed by atoms with Crippen LogP contribution in [0.4, 0.5) is 35.2 Å². The molecule has 24 heteroatoms. The molecule has 0 aliphatic heterocycles. The first-order valence-electron chi connectivity index (χ1n) is 13.6. The molecular weight excluding hydrogens is 761 g/mol. The van der Waals surface area contributed by atoms with Gasteiger partial charge in [0.2, 0.25) is 34.4 Å². The number of rotatable bonds is 14. The minimum atomic E-state index is -4.82. The van der Waals surface area contributed by atoms with E-state index in [2.05, 4.69) is 51.2 Å². The number of hydrogen-bond donors (Lipinski definition) is 8. The molecule has 0 fully saturated rings. The fraction of sp³-hybridized carbons (Fsp3) is 0.231. The van der Waals surface area contributed by atoms with Crippen LogP contribution in [0.2, 0.25) is 10.6 Å². The Balaban J connectivity index is 0.00000433. The maximum absolute atomic E-state index is 12.3. The normalized spacial score (nSPS) is 12.7. The van der Waals surface area contributed by atoms with E-state index in [-0.39, 0.29) is 129 Å². The van der Waals surface area contributed by atoms with E-state index in [0.29, 0.717) is 0 Å². The molecule has 0 amide bonds. The minimum Gasteiger partial charge on any atom is -0.392 e. The van der Waals surface area contributed by atoms with Crippen molar-refractivity contribution in [3.05, 3.63) is 58.1 Å². The Labute approximate surface area is 341 Å². The van der Waals surface area contributed by atoms with Crippen molar-refractivity contribution in [2.75, 3.05) is 34.4 Å². The first-order valence-corrected chi connectivity index (χ1v) is 17.2. The zero-order chi connectivity index (χ0) is 35.2. The average molecular weight is 790 g/mol. The Kier molecular flexibility index (Phi) is 16.7. The van der Waals surface area contributed by atoms with Gasteiger partial charge in [-0.25, -0.2) is 0 Å². The molecule has 8 N–H and O–H groups in total. The second kappa shape index (κ2) is 19.0. The molecule has 2 aromatic carbocycles. The van der Waals surface area contributed by atoms with Crippen LogP contribution in [0.3, 0.4) is 0 Å². The van der Waals surface area contributed by atoms with Gasteiger partial charge in [-0.15, -0.1) is 0 Å². The summed E-state index contributed by atoms with van der Waals surface area (Å²) >= 11 is 11.9. The third kappa shape index (κ3) is 13.4.